The van der Waals surface area contributed by atoms with Gasteiger partial charge in [0.2, 0.25) is 0 Å². The Morgan fingerprint density at radius 3 is 2.61 bits per heavy atom. The quantitative estimate of drug-likeness (QED) is 0.811. The molecular formula is C16H17ClN4O2. The molecule has 1 aromatic rings. The van der Waals surface area contributed by atoms with E-state index in [9.17, 15) is 14.9 Å². The zero-order chi connectivity index (χ0) is 16.6. The predicted molar refractivity (Wildman–Crippen MR) is 86.2 cm³/mol. The summed E-state index contributed by atoms with van der Waals surface area (Å²) in [6.45, 7) is 3.13. The molecule has 2 heterocycles. The van der Waals surface area contributed by atoms with E-state index in [0.29, 0.717) is 23.7 Å². The van der Waals surface area contributed by atoms with Crippen LogP contribution < -0.4 is 15.5 Å². The summed E-state index contributed by atoms with van der Waals surface area (Å²) in [4.78, 5) is 25.5. The van der Waals surface area contributed by atoms with E-state index in [2.05, 4.69) is 21.6 Å². The van der Waals surface area contributed by atoms with Crippen molar-refractivity contribution in [3.8, 4) is 6.07 Å². The van der Waals surface area contributed by atoms with Crippen LogP contribution in [0, 0.1) is 17.2 Å². The SMILES string of the molecule is CC1(C2CCN(c3c(Cl)cccc3C#N)CC2)NC(=O)NC1=O. The molecule has 3 rings (SSSR count). The van der Waals surface area contributed by atoms with Gasteiger partial charge in [-0.05, 0) is 37.8 Å². The number of piperidine rings is 1. The summed E-state index contributed by atoms with van der Waals surface area (Å²) in [6, 6.07) is 7.02. The first-order chi connectivity index (χ1) is 11.0. The molecule has 2 aliphatic rings. The maximum Gasteiger partial charge on any atom is 0.322 e. The zero-order valence-corrected chi connectivity index (χ0v) is 13.5. The number of amides is 3. The van der Waals surface area contributed by atoms with E-state index in [4.69, 9.17) is 11.6 Å². The van der Waals surface area contributed by atoms with E-state index in [1.165, 1.54) is 0 Å². The highest BCUT2D eigenvalue weighted by Gasteiger charge is 2.48. The average molecular weight is 333 g/mol. The van der Waals surface area contributed by atoms with Gasteiger partial charge in [0.1, 0.15) is 11.6 Å². The largest absolute Gasteiger partial charge is 0.369 e. The van der Waals surface area contributed by atoms with Gasteiger partial charge in [0, 0.05) is 13.1 Å². The van der Waals surface area contributed by atoms with E-state index >= 15 is 0 Å². The molecule has 0 aromatic heterocycles. The second kappa shape index (κ2) is 5.74. The van der Waals surface area contributed by atoms with Gasteiger partial charge in [-0.15, -0.1) is 0 Å². The molecule has 0 bridgehead atoms. The van der Waals surface area contributed by atoms with Crippen molar-refractivity contribution >= 4 is 29.2 Å². The van der Waals surface area contributed by atoms with Gasteiger partial charge in [-0.25, -0.2) is 4.79 Å². The van der Waals surface area contributed by atoms with Gasteiger partial charge in [-0.3, -0.25) is 10.1 Å². The zero-order valence-electron chi connectivity index (χ0n) is 12.7. The second-order valence-corrected chi connectivity index (χ2v) is 6.53. The van der Waals surface area contributed by atoms with Crippen molar-refractivity contribution in [2.75, 3.05) is 18.0 Å². The number of benzene rings is 1. The van der Waals surface area contributed by atoms with Gasteiger partial charge in [0.05, 0.1) is 16.3 Å². The molecule has 7 heteroatoms. The summed E-state index contributed by atoms with van der Waals surface area (Å²) in [5.41, 5.74) is 0.441. The molecule has 1 atom stereocenters. The lowest BCUT2D eigenvalue weighted by molar-refractivity contribution is -0.125. The third kappa shape index (κ3) is 2.62. The summed E-state index contributed by atoms with van der Waals surface area (Å²) in [5, 5.41) is 14.9. The second-order valence-electron chi connectivity index (χ2n) is 6.12. The third-order valence-electron chi connectivity index (χ3n) is 4.81. The predicted octanol–water partition coefficient (Wildman–Crippen LogP) is 2.03. The number of carbonyl (C=O) groups is 2. The number of rotatable bonds is 2. The van der Waals surface area contributed by atoms with Gasteiger partial charge >= 0.3 is 6.03 Å². The van der Waals surface area contributed by atoms with Gasteiger partial charge in [0.15, 0.2) is 0 Å². The number of para-hydroxylation sites is 1. The minimum absolute atomic E-state index is 0.0539. The Morgan fingerprint density at radius 2 is 2.04 bits per heavy atom. The van der Waals surface area contributed by atoms with Crippen LogP contribution in [0.4, 0.5) is 10.5 Å². The fourth-order valence-electron chi connectivity index (χ4n) is 3.45. The van der Waals surface area contributed by atoms with Crippen molar-refractivity contribution in [2.24, 2.45) is 5.92 Å². The molecular weight excluding hydrogens is 316 g/mol. The van der Waals surface area contributed by atoms with E-state index in [1.54, 1.807) is 25.1 Å². The first-order valence-corrected chi connectivity index (χ1v) is 7.90. The number of nitriles is 1. The van der Waals surface area contributed by atoms with Crippen molar-refractivity contribution in [2.45, 2.75) is 25.3 Å². The highest BCUT2D eigenvalue weighted by Crippen LogP contribution is 2.36. The van der Waals surface area contributed by atoms with Crippen molar-refractivity contribution in [1.29, 1.82) is 5.26 Å². The number of nitrogens with one attached hydrogen (secondary N) is 2. The van der Waals surface area contributed by atoms with Crippen LogP contribution in [-0.2, 0) is 4.79 Å². The summed E-state index contributed by atoms with van der Waals surface area (Å²) < 4.78 is 0. The topological polar surface area (TPSA) is 85.2 Å². The molecule has 0 radical (unpaired) electrons. The minimum Gasteiger partial charge on any atom is -0.369 e. The van der Waals surface area contributed by atoms with Crippen molar-refractivity contribution in [3.05, 3.63) is 28.8 Å². The lowest BCUT2D eigenvalue weighted by Gasteiger charge is -2.40. The van der Waals surface area contributed by atoms with Gasteiger partial charge in [0.25, 0.3) is 5.91 Å². The van der Waals surface area contributed by atoms with Gasteiger partial charge in [-0.1, -0.05) is 17.7 Å². The van der Waals surface area contributed by atoms with Gasteiger partial charge in [-0.2, -0.15) is 5.26 Å². The minimum atomic E-state index is -0.859. The number of imide groups is 1. The number of hydrogen-bond donors (Lipinski definition) is 2. The first kappa shape index (κ1) is 15.6. The summed E-state index contributed by atoms with van der Waals surface area (Å²) in [7, 11) is 0. The Balaban J connectivity index is 1.76. The number of urea groups is 1. The first-order valence-electron chi connectivity index (χ1n) is 7.53. The maximum atomic E-state index is 12.0. The summed E-state index contributed by atoms with van der Waals surface area (Å²) in [6.07, 6.45) is 1.47. The van der Waals surface area contributed by atoms with Crippen molar-refractivity contribution in [1.82, 2.24) is 10.6 Å². The number of nitrogens with zero attached hydrogens (tertiary/aromatic N) is 2. The molecule has 1 unspecified atom stereocenters. The molecule has 3 amide bonds. The van der Waals surface area contributed by atoms with Crippen molar-refractivity contribution < 1.29 is 9.59 Å². The molecule has 1 aromatic carbocycles. The molecule has 6 nitrogen and oxygen atoms in total. The molecule has 2 aliphatic heterocycles. The number of hydrogen-bond acceptors (Lipinski definition) is 4. The van der Waals surface area contributed by atoms with E-state index in [1.807, 2.05) is 0 Å². The van der Waals surface area contributed by atoms with Crippen LogP contribution in [0.1, 0.15) is 25.3 Å². The number of carbonyl (C=O) groups excluding carboxylic acids is 2. The van der Waals surface area contributed by atoms with Gasteiger partial charge < -0.3 is 10.2 Å². The Labute approximate surface area is 139 Å². The lowest BCUT2D eigenvalue weighted by atomic mass is 9.79. The molecule has 2 N–H and O–H groups in total. The monoisotopic (exact) mass is 332 g/mol. The van der Waals surface area contributed by atoms with E-state index < -0.39 is 11.6 Å². The maximum absolute atomic E-state index is 12.0. The Bertz CT molecular complexity index is 707. The summed E-state index contributed by atoms with van der Waals surface area (Å²) >= 11 is 6.26. The third-order valence-corrected chi connectivity index (χ3v) is 5.11. The van der Waals surface area contributed by atoms with Crippen LogP contribution in [0.15, 0.2) is 18.2 Å². The lowest BCUT2D eigenvalue weighted by Crippen LogP contribution is -2.53. The van der Waals surface area contributed by atoms with E-state index in [-0.39, 0.29) is 11.8 Å². The summed E-state index contributed by atoms with van der Waals surface area (Å²) in [5.74, 6) is -0.213. The highest BCUT2D eigenvalue weighted by atomic mass is 35.5. The average Bonchev–Trinajstić information content (AvgIpc) is 2.80. The standard InChI is InChI=1S/C16H17ClN4O2/c1-16(14(22)19-15(23)20-16)11-5-7-21(8-6-11)13-10(9-18)3-2-4-12(13)17/h2-4,11H,5-8H2,1H3,(H2,19,20,22,23). The van der Waals surface area contributed by atoms with E-state index in [0.717, 1.165) is 18.5 Å². The van der Waals surface area contributed by atoms with Crippen LogP contribution in [0.25, 0.3) is 0 Å². The molecule has 0 saturated carbocycles. The molecule has 2 fully saturated rings. The molecule has 2 saturated heterocycles. The molecule has 0 aliphatic carbocycles. The highest BCUT2D eigenvalue weighted by molar-refractivity contribution is 6.33. The molecule has 0 spiro atoms. The van der Waals surface area contributed by atoms with Crippen LogP contribution in [-0.4, -0.2) is 30.6 Å². The normalized spacial score (nSPS) is 25.0. The number of anilines is 1. The van der Waals surface area contributed by atoms with Crippen LogP contribution >= 0.6 is 11.6 Å². The fraction of sp³-hybridized carbons (Fsp3) is 0.438. The smallest absolute Gasteiger partial charge is 0.322 e. The molecule has 23 heavy (non-hydrogen) atoms. The molecule has 120 valence electrons. The Hall–Kier alpha value is -2.26. The van der Waals surface area contributed by atoms with Crippen LogP contribution in [0.2, 0.25) is 5.02 Å². The number of halogens is 1. The fourth-order valence-corrected chi connectivity index (χ4v) is 3.75. The van der Waals surface area contributed by atoms with Crippen molar-refractivity contribution in [3.63, 3.8) is 0 Å². The van der Waals surface area contributed by atoms with Crippen LogP contribution in [0.5, 0.6) is 0 Å². The van der Waals surface area contributed by atoms with Crippen LogP contribution in [0.3, 0.4) is 0 Å². The Kier molecular flexibility index (Phi) is 3.90. The Morgan fingerprint density at radius 1 is 1.35 bits per heavy atom.